The molecule has 0 aliphatic rings. The lowest BCUT2D eigenvalue weighted by molar-refractivity contribution is 0.410. The number of nitrogens with one attached hydrogen (secondary N) is 1. The maximum Gasteiger partial charge on any atom is 0.106 e. The van der Waals surface area contributed by atoms with Crippen LogP contribution in [0.5, 0.6) is 0 Å². The quantitative estimate of drug-likeness (QED) is 0.871. The van der Waals surface area contributed by atoms with E-state index < -0.39 is 0 Å². The highest BCUT2D eigenvalue weighted by Gasteiger charge is 2.14. The van der Waals surface area contributed by atoms with Crippen molar-refractivity contribution in [2.75, 3.05) is 0 Å². The molecule has 0 saturated heterocycles. The molecule has 0 fully saturated rings. The summed E-state index contributed by atoms with van der Waals surface area (Å²) in [7, 11) is 0. The highest BCUT2D eigenvalue weighted by atomic mass is 32.1. The highest BCUT2D eigenvalue weighted by molar-refractivity contribution is 7.09. The molecule has 1 aromatic heterocycles. The van der Waals surface area contributed by atoms with Crippen LogP contribution in [0.15, 0.2) is 41.9 Å². The molecule has 2 nitrogen and oxygen atoms in total. The maximum atomic E-state index is 4.30. The summed E-state index contributed by atoms with van der Waals surface area (Å²) in [6.07, 6.45) is 1.86. The van der Waals surface area contributed by atoms with Gasteiger partial charge in [-0.05, 0) is 11.5 Å². The summed E-state index contributed by atoms with van der Waals surface area (Å²) < 4.78 is 0. The normalized spacial score (nSPS) is 12.9. The number of hydrogen-bond donors (Lipinski definition) is 1. The molecule has 0 spiro atoms. The minimum atomic E-state index is 0.389. The number of rotatable bonds is 5. The van der Waals surface area contributed by atoms with Gasteiger partial charge >= 0.3 is 0 Å². The Kier molecular flexibility index (Phi) is 4.29. The van der Waals surface area contributed by atoms with Crippen molar-refractivity contribution in [3.05, 3.63) is 52.5 Å². The lowest BCUT2D eigenvalue weighted by Crippen LogP contribution is -2.25. The van der Waals surface area contributed by atoms with Crippen LogP contribution in [0, 0.1) is 5.92 Å². The Labute approximate surface area is 107 Å². The molecule has 2 rings (SSSR count). The van der Waals surface area contributed by atoms with E-state index >= 15 is 0 Å². The van der Waals surface area contributed by atoms with Gasteiger partial charge in [0.15, 0.2) is 0 Å². The molecule has 1 unspecified atom stereocenters. The van der Waals surface area contributed by atoms with Gasteiger partial charge in [0.25, 0.3) is 0 Å². The fourth-order valence-electron chi connectivity index (χ4n) is 1.94. The van der Waals surface area contributed by atoms with Gasteiger partial charge in [0, 0.05) is 24.2 Å². The molecule has 1 aromatic carbocycles. The van der Waals surface area contributed by atoms with Gasteiger partial charge in [-0.1, -0.05) is 44.2 Å². The number of aromatic nitrogens is 1. The number of thiazole rings is 1. The summed E-state index contributed by atoms with van der Waals surface area (Å²) in [5.41, 5.74) is 1.35. The van der Waals surface area contributed by atoms with Gasteiger partial charge in [0.2, 0.25) is 0 Å². The fourth-order valence-corrected chi connectivity index (χ4v) is 2.50. The second-order valence-corrected chi connectivity index (χ2v) is 5.42. The third-order valence-electron chi connectivity index (χ3n) is 2.78. The smallest absolute Gasteiger partial charge is 0.106 e. The molecule has 90 valence electrons. The van der Waals surface area contributed by atoms with Gasteiger partial charge in [-0.25, -0.2) is 4.98 Å². The topological polar surface area (TPSA) is 24.9 Å². The van der Waals surface area contributed by atoms with Crippen molar-refractivity contribution in [2.24, 2.45) is 5.92 Å². The van der Waals surface area contributed by atoms with Crippen LogP contribution < -0.4 is 5.32 Å². The van der Waals surface area contributed by atoms with Gasteiger partial charge in [0.1, 0.15) is 5.01 Å². The predicted molar refractivity (Wildman–Crippen MR) is 73.0 cm³/mol. The molecule has 1 atom stereocenters. The van der Waals surface area contributed by atoms with E-state index in [0.717, 1.165) is 11.6 Å². The minimum Gasteiger partial charge on any atom is -0.303 e. The van der Waals surface area contributed by atoms with Gasteiger partial charge in [0.05, 0.1) is 0 Å². The van der Waals surface area contributed by atoms with Crippen LogP contribution in [0.1, 0.15) is 30.5 Å². The molecule has 2 aromatic rings. The van der Waals surface area contributed by atoms with Crippen molar-refractivity contribution in [1.29, 1.82) is 0 Å². The Morgan fingerprint density at radius 1 is 1.24 bits per heavy atom. The van der Waals surface area contributed by atoms with Crippen molar-refractivity contribution in [1.82, 2.24) is 10.3 Å². The average Bonchev–Trinajstić information content (AvgIpc) is 2.83. The Hall–Kier alpha value is -1.19. The van der Waals surface area contributed by atoms with Gasteiger partial charge in [-0.2, -0.15) is 0 Å². The molecule has 17 heavy (non-hydrogen) atoms. The first-order chi connectivity index (χ1) is 8.27. The van der Waals surface area contributed by atoms with Crippen LogP contribution in [-0.4, -0.2) is 4.98 Å². The van der Waals surface area contributed by atoms with Crippen LogP contribution >= 0.6 is 11.3 Å². The van der Waals surface area contributed by atoms with Crippen LogP contribution in [0.2, 0.25) is 0 Å². The van der Waals surface area contributed by atoms with E-state index in [0.29, 0.717) is 12.0 Å². The predicted octanol–water partition coefficient (Wildman–Crippen LogP) is 3.63. The lowest BCUT2D eigenvalue weighted by atomic mass is 9.96. The van der Waals surface area contributed by atoms with Crippen molar-refractivity contribution in [3.63, 3.8) is 0 Å². The van der Waals surface area contributed by atoms with Crippen molar-refractivity contribution < 1.29 is 0 Å². The zero-order valence-corrected chi connectivity index (χ0v) is 11.1. The summed E-state index contributed by atoms with van der Waals surface area (Å²) in [4.78, 5) is 4.30. The summed E-state index contributed by atoms with van der Waals surface area (Å²) in [5, 5.41) is 6.75. The molecule has 0 radical (unpaired) electrons. The largest absolute Gasteiger partial charge is 0.303 e. The lowest BCUT2D eigenvalue weighted by Gasteiger charge is -2.22. The summed E-state index contributed by atoms with van der Waals surface area (Å²) in [6, 6.07) is 11.0. The van der Waals surface area contributed by atoms with Crippen molar-refractivity contribution in [3.8, 4) is 0 Å². The van der Waals surface area contributed by atoms with E-state index in [2.05, 4.69) is 54.5 Å². The van der Waals surface area contributed by atoms with Crippen LogP contribution in [-0.2, 0) is 6.54 Å². The molecule has 0 aliphatic carbocycles. The molecule has 0 bridgehead atoms. The van der Waals surface area contributed by atoms with Crippen LogP contribution in [0.3, 0.4) is 0 Å². The third kappa shape index (κ3) is 3.38. The second-order valence-electron chi connectivity index (χ2n) is 4.44. The van der Waals surface area contributed by atoms with Crippen molar-refractivity contribution >= 4 is 11.3 Å². The molecule has 3 heteroatoms. The fraction of sp³-hybridized carbons (Fsp3) is 0.357. The van der Waals surface area contributed by atoms with Gasteiger partial charge in [-0.3, -0.25) is 0 Å². The highest BCUT2D eigenvalue weighted by Crippen LogP contribution is 2.21. The Morgan fingerprint density at radius 3 is 2.59 bits per heavy atom. The summed E-state index contributed by atoms with van der Waals surface area (Å²) >= 11 is 1.70. The Bertz CT molecular complexity index is 423. The monoisotopic (exact) mass is 246 g/mol. The number of benzene rings is 1. The molecule has 1 N–H and O–H groups in total. The first-order valence-electron chi connectivity index (χ1n) is 5.94. The zero-order chi connectivity index (χ0) is 12.1. The van der Waals surface area contributed by atoms with E-state index in [1.54, 1.807) is 11.3 Å². The van der Waals surface area contributed by atoms with Gasteiger partial charge < -0.3 is 5.32 Å². The van der Waals surface area contributed by atoms with E-state index in [1.165, 1.54) is 5.56 Å². The summed E-state index contributed by atoms with van der Waals surface area (Å²) in [6.45, 7) is 5.33. The van der Waals surface area contributed by atoms with E-state index in [1.807, 2.05) is 11.6 Å². The zero-order valence-electron chi connectivity index (χ0n) is 10.3. The van der Waals surface area contributed by atoms with Crippen molar-refractivity contribution in [2.45, 2.75) is 26.4 Å². The maximum absolute atomic E-state index is 4.30. The average molecular weight is 246 g/mol. The minimum absolute atomic E-state index is 0.389. The molecule has 0 saturated carbocycles. The van der Waals surface area contributed by atoms with E-state index in [4.69, 9.17) is 0 Å². The Morgan fingerprint density at radius 2 is 2.00 bits per heavy atom. The van der Waals surface area contributed by atoms with Crippen LogP contribution in [0.4, 0.5) is 0 Å². The first-order valence-corrected chi connectivity index (χ1v) is 6.82. The SMILES string of the molecule is CC(C)C(NCc1nccs1)c1ccccc1. The standard InChI is InChI=1S/C14H18N2S/c1-11(2)14(12-6-4-3-5-7-12)16-10-13-15-8-9-17-13/h3-9,11,14,16H,10H2,1-2H3. The van der Waals surface area contributed by atoms with Gasteiger partial charge in [-0.15, -0.1) is 11.3 Å². The Balaban J connectivity index is 2.03. The summed E-state index contributed by atoms with van der Waals surface area (Å²) in [5.74, 6) is 0.567. The molecular weight excluding hydrogens is 228 g/mol. The second kappa shape index (κ2) is 5.94. The molecule has 0 aliphatic heterocycles. The van der Waals surface area contributed by atoms with E-state index in [9.17, 15) is 0 Å². The number of nitrogens with zero attached hydrogens (tertiary/aromatic N) is 1. The molecule has 0 amide bonds. The first kappa shape index (κ1) is 12.3. The molecular formula is C14H18N2S. The van der Waals surface area contributed by atoms with Crippen LogP contribution in [0.25, 0.3) is 0 Å². The number of hydrogen-bond acceptors (Lipinski definition) is 3. The van der Waals surface area contributed by atoms with E-state index in [-0.39, 0.29) is 0 Å². The third-order valence-corrected chi connectivity index (χ3v) is 3.56. The molecule has 1 heterocycles.